The SMILES string of the molecule is COc1ccc(-c2nc(-c3ccc4c(c3)c(Cl)cn4CCC(=O)[O-])no2)cc1C(F)(F)F. The molecule has 2 heterocycles. The number of nitrogens with zero attached hydrogens (tertiary/aromatic N) is 3. The highest BCUT2D eigenvalue weighted by Gasteiger charge is 2.35. The van der Waals surface area contributed by atoms with Gasteiger partial charge in [-0.05, 0) is 36.4 Å². The van der Waals surface area contributed by atoms with Crippen LogP contribution in [0.1, 0.15) is 12.0 Å². The quantitative estimate of drug-likeness (QED) is 0.425. The molecule has 2 aromatic heterocycles. The van der Waals surface area contributed by atoms with Crippen molar-refractivity contribution in [2.24, 2.45) is 0 Å². The Kier molecular flexibility index (Phi) is 5.55. The summed E-state index contributed by atoms with van der Waals surface area (Å²) in [6.07, 6.45) is -3.18. The lowest BCUT2D eigenvalue weighted by molar-refractivity contribution is -0.305. The Morgan fingerprint density at radius 2 is 1.97 bits per heavy atom. The van der Waals surface area contributed by atoms with E-state index in [9.17, 15) is 23.1 Å². The van der Waals surface area contributed by atoms with Crippen LogP contribution in [0.4, 0.5) is 13.2 Å². The van der Waals surface area contributed by atoms with E-state index in [2.05, 4.69) is 10.1 Å². The average Bonchev–Trinajstić information content (AvgIpc) is 3.36. The second kappa shape index (κ2) is 8.19. The molecule has 0 atom stereocenters. The second-order valence-corrected chi connectivity index (χ2v) is 7.27. The van der Waals surface area contributed by atoms with Gasteiger partial charge in [-0.2, -0.15) is 18.2 Å². The number of alkyl halides is 3. The number of halogens is 4. The van der Waals surface area contributed by atoms with Crippen molar-refractivity contribution in [1.29, 1.82) is 0 Å². The van der Waals surface area contributed by atoms with Crippen LogP contribution in [0.5, 0.6) is 5.75 Å². The molecule has 2 aromatic carbocycles. The number of methoxy groups -OCH3 is 1. The first-order chi connectivity index (χ1) is 15.2. The highest BCUT2D eigenvalue weighted by atomic mass is 35.5. The number of carbonyl (C=O) groups is 1. The van der Waals surface area contributed by atoms with Gasteiger partial charge in [-0.15, -0.1) is 0 Å². The van der Waals surface area contributed by atoms with Crippen LogP contribution in [0.25, 0.3) is 33.7 Å². The number of carboxylic acids is 1. The van der Waals surface area contributed by atoms with Crippen molar-refractivity contribution in [2.75, 3.05) is 7.11 Å². The monoisotopic (exact) mass is 464 g/mol. The van der Waals surface area contributed by atoms with Crippen LogP contribution in [0.15, 0.2) is 47.1 Å². The maximum absolute atomic E-state index is 13.3. The van der Waals surface area contributed by atoms with Gasteiger partial charge in [0.1, 0.15) is 5.75 Å². The minimum Gasteiger partial charge on any atom is -0.550 e. The van der Waals surface area contributed by atoms with Gasteiger partial charge in [0.15, 0.2) is 0 Å². The molecule has 0 aliphatic carbocycles. The van der Waals surface area contributed by atoms with Crippen LogP contribution in [-0.4, -0.2) is 27.8 Å². The number of aliphatic carboxylic acids is 1. The summed E-state index contributed by atoms with van der Waals surface area (Å²) in [5, 5.41) is 15.6. The minimum absolute atomic E-state index is 0.0874. The molecule has 0 radical (unpaired) electrons. The van der Waals surface area contributed by atoms with E-state index < -0.39 is 17.7 Å². The molecule has 0 aliphatic rings. The molecule has 166 valence electrons. The summed E-state index contributed by atoms with van der Waals surface area (Å²) in [6.45, 7) is 0.191. The molecule has 0 spiro atoms. The molecule has 4 rings (SSSR count). The Labute approximate surface area is 184 Å². The number of hydrogen-bond donors (Lipinski definition) is 0. The van der Waals surface area contributed by atoms with E-state index in [-0.39, 0.29) is 36.0 Å². The van der Waals surface area contributed by atoms with E-state index in [4.69, 9.17) is 20.9 Å². The summed E-state index contributed by atoms with van der Waals surface area (Å²) < 4.78 is 51.5. The second-order valence-electron chi connectivity index (χ2n) is 6.86. The summed E-state index contributed by atoms with van der Waals surface area (Å²) in [5.41, 5.74) is 0.359. The zero-order valence-electron chi connectivity index (χ0n) is 16.4. The Balaban J connectivity index is 1.68. The molecule has 4 aromatic rings. The highest BCUT2D eigenvalue weighted by Crippen LogP contribution is 2.39. The van der Waals surface area contributed by atoms with Gasteiger partial charge in [-0.1, -0.05) is 16.8 Å². The van der Waals surface area contributed by atoms with Gasteiger partial charge < -0.3 is 23.7 Å². The van der Waals surface area contributed by atoms with E-state index in [0.717, 1.165) is 13.2 Å². The van der Waals surface area contributed by atoms with Crippen molar-refractivity contribution in [3.63, 3.8) is 0 Å². The van der Waals surface area contributed by atoms with Crippen LogP contribution < -0.4 is 9.84 Å². The summed E-state index contributed by atoms with van der Waals surface area (Å²) in [7, 11) is 1.15. The number of fused-ring (bicyclic) bond motifs is 1. The zero-order chi connectivity index (χ0) is 23.0. The lowest BCUT2D eigenvalue weighted by Gasteiger charge is -2.12. The molecule has 0 amide bonds. The first-order valence-electron chi connectivity index (χ1n) is 9.25. The maximum Gasteiger partial charge on any atom is 0.419 e. The predicted molar refractivity (Wildman–Crippen MR) is 107 cm³/mol. The normalized spacial score (nSPS) is 11.8. The highest BCUT2D eigenvalue weighted by molar-refractivity contribution is 6.35. The third-order valence-electron chi connectivity index (χ3n) is 4.83. The Morgan fingerprint density at radius 3 is 2.66 bits per heavy atom. The molecule has 7 nitrogen and oxygen atoms in total. The number of hydrogen-bond acceptors (Lipinski definition) is 6. The van der Waals surface area contributed by atoms with Crippen molar-refractivity contribution in [1.82, 2.24) is 14.7 Å². The van der Waals surface area contributed by atoms with Crippen molar-refractivity contribution < 1.29 is 32.3 Å². The molecule has 0 saturated carbocycles. The average molecular weight is 465 g/mol. The molecule has 0 fully saturated rings. The van der Waals surface area contributed by atoms with Gasteiger partial charge in [0.25, 0.3) is 5.89 Å². The summed E-state index contributed by atoms with van der Waals surface area (Å²) in [5.74, 6) is -1.42. The molecule has 0 aliphatic heterocycles. The molecule has 0 unspecified atom stereocenters. The minimum atomic E-state index is -4.62. The fourth-order valence-electron chi connectivity index (χ4n) is 3.31. The number of rotatable bonds is 6. The van der Waals surface area contributed by atoms with E-state index in [1.807, 2.05) is 0 Å². The first kappa shape index (κ1) is 21.7. The van der Waals surface area contributed by atoms with Crippen molar-refractivity contribution in [3.8, 4) is 28.6 Å². The predicted octanol–water partition coefficient (Wildman–Crippen LogP) is 4.18. The smallest absolute Gasteiger partial charge is 0.419 e. The Morgan fingerprint density at radius 1 is 1.22 bits per heavy atom. The first-order valence-corrected chi connectivity index (χ1v) is 9.63. The van der Waals surface area contributed by atoms with Gasteiger partial charge in [0.2, 0.25) is 5.82 Å². The fourth-order valence-corrected chi connectivity index (χ4v) is 3.58. The Bertz CT molecular complexity index is 1310. The lowest BCUT2D eigenvalue weighted by atomic mass is 10.1. The van der Waals surface area contributed by atoms with Crippen LogP contribution >= 0.6 is 11.6 Å². The van der Waals surface area contributed by atoms with E-state index in [1.165, 1.54) is 12.1 Å². The molecule has 11 heteroatoms. The van der Waals surface area contributed by atoms with Gasteiger partial charge in [0.05, 0.1) is 17.7 Å². The van der Waals surface area contributed by atoms with Crippen molar-refractivity contribution >= 4 is 28.5 Å². The molecular formula is C21H14ClF3N3O4-. The Hall–Kier alpha value is -3.53. The topological polar surface area (TPSA) is 93.2 Å². The number of benzene rings is 2. The molecule has 32 heavy (non-hydrogen) atoms. The van der Waals surface area contributed by atoms with E-state index in [1.54, 1.807) is 29.0 Å². The number of aromatic nitrogens is 3. The van der Waals surface area contributed by atoms with Crippen LogP contribution in [0.3, 0.4) is 0 Å². The van der Waals surface area contributed by atoms with Gasteiger partial charge in [-0.3, -0.25) is 0 Å². The van der Waals surface area contributed by atoms with Crippen LogP contribution in [0, 0.1) is 0 Å². The largest absolute Gasteiger partial charge is 0.550 e. The zero-order valence-corrected chi connectivity index (χ0v) is 17.2. The van der Waals surface area contributed by atoms with Gasteiger partial charge in [-0.25, -0.2) is 0 Å². The summed E-state index contributed by atoms with van der Waals surface area (Å²) >= 11 is 6.28. The molecule has 0 saturated heterocycles. The summed E-state index contributed by atoms with van der Waals surface area (Å²) in [4.78, 5) is 14.9. The van der Waals surface area contributed by atoms with E-state index >= 15 is 0 Å². The lowest BCUT2D eigenvalue weighted by Crippen LogP contribution is -2.23. The van der Waals surface area contributed by atoms with Crippen molar-refractivity contribution in [2.45, 2.75) is 19.1 Å². The van der Waals surface area contributed by atoms with E-state index in [0.29, 0.717) is 21.5 Å². The number of carbonyl (C=O) groups excluding carboxylic acids is 1. The van der Waals surface area contributed by atoms with Crippen LogP contribution in [-0.2, 0) is 17.5 Å². The van der Waals surface area contributed by atoms with Gasteiger partial charge >= 0.3 is 6.18 Å². The fraction of sp³-hybridized carbons (Fsp3) is 0.190. The molecule has 0 N–H and O–H groups in total. The molecular weight excluding hydrogens is 451 g/mol. The van der Waals surface area contributed by atoms with Gasteiger partial charge in [0, 0.05) is 47.2 Å². The maximum atomic E-state index is 13.3. The summed E-state index contributed by atoms with van der Waals surface area (Å²) in [6, 6.07) is 8.55. The number of carboxylic acid groups (broad SMARTS) is 1. The number of aryl methyl sites for hydroxylation is 1. The number of ether oxygens (including phenoxy) is 1. The third-order valence-corrected chi connectivity index (χ3v) is 5.13. The molecule has 0 bridgehead atoms. The standard InChI is InChI=1S/C21H15ClF3N3O4/c1-31-17-5-3-12(9-14(17)21(23,24)25)20-26-19(27-32-20)11-2-4-16-13(8-11)15(22)10-28(16)7-6-18(29)30/h2-5,8-10H,6-7H2,1H3,(H,29,30)/p-1. The third kappa shape index (κ3) is 4.13. The van der Waals surface area contributed by atoms with Crippen molar-refractivity contribution in [3.05, 3.63) is 53.2 Å². The van der Waals surface area contributed by atoms with Crippen LogP contribution in [0.2, 0.25) is 5.02 Å².